The topological polar surface area (TPSA) is 52.6 Å². The van der Waals surface area contributed by atoms with Crippen LogP contribution in [0.2, 0.25) is 0 Å². The van der Waals surface area contributed by atoms with Crippen LogP contribution in [-0.2, 0) is 16.0 Å². The molecule has 0 amide bonds. The fraction of sp³-hybridized carbons (Fsp3) is 0.222. The molecule has 0 saturated carbocycles. The Kier molecular flexibility index (Phi) is 5.31. The van der Waals surface area contributed by atoms with Crippen LogP contribution in [0, 0.1) is 0 Å². The van der Waals surface area contributed by atoms with Crippen molar-refractivity contribution in [2.24, 2.45) is 0 Å². The van der Waals surface area contributed by atoms with Crippen molar-refractivity contribution < 1.29 is 19.1 Å². The van der Waals surface area contributed by atoms with E-state index in [1.165, 1.54) is 6.92 Å². The Bertz CT molecular complexity index is 642. The lowest BCUT2D eigenvalue weighted by Gasteiger charge is -2.06. The maximum Gasteiger partial charge on any atom is 0.310 e. The first kappa shape index (κ1) is 15.8. The largest absolute Gasteiger partial charge is 0.427 e. The van der Waals surface area contributed by atoms with E-state index in [4.69, 9.17) is 9.47 Å². The van der Waals surface area contributed by atoms with Crippen molar-refractivity contribution in [2.75, 3.05) is 0 Å². The lowest BCUT2D eigenvalue weighted by molar-refractivity contribution is -0.134. The van der Waals surface area contributed by atoms with Crippen molar-refractivity contribution in [3.63, 3.8) is 0 Å². The van der Waals surface area contributed by atoms with Crippen LogP contribution in [-0.4, -0.2) is 11.9 Å². The fourth-order valence-corrected chi connectivity index (χ4v) is 1.96. The SMILES string of the molecule is CCC(=O)Oc1ccc(Cc2ccc(OC(C)=O)cc2)cc1. The zero-order chi connectivity index (χ0) is 15.9. The van der Waals surface area contributed by atoms with Crippen molar-refractivity contribution in [1.82, 2.24) is 0 Å². The van der Waals surface area contributed by atoms with Gasteiger partial charge in [-0.2, -0.15) is 0 Å². The summed E-state index contributed by atoms with van der Waals surface area (Å²) in [4.78, 5) is 22.1. The number of hydrogen-bond donors (Lipinski definition) is 0. The van der Waals surface area contributed by atoms with E-state index in [1.54, 1.807) is 31.2 Å². The summed E-state index contributed by atoms with van der Waals surface area (Å²) in [7, 11) is 0. The monoisotopic (exact) mass is 298 g/mol. The van der Waals surface area contributed by atoms with Gasteiger partial charge < -0.3 is 9.47 Å². The van der Waals surface area contributed by atoms with Gasteiger partial charge in [-0.05, 0) is 41.8 Å². The summed E-state index contributed by atoms with van der Waals surface area (Å²) in [6.07, 6.45) is 1.11. The van der Waals surface area contributed by atoms with Crippen LogP contribution in [0.5, 0.6) is 11.5 Å². The van der Waals surface area contributed by atoms with Crippen molar-refractivity contribution in [1.29, 1.82) is 0 Å². The summed E-state index contributed by atoms with van der Waals surface area (Å²) in [5, 5.41) is 0. The summed E-state index contributed by atoms with van der Waals surface area (Å²) in [6.45, 7) is 3.14. The van der Waals surface area contributed by atoms with Gasteiger partial charge in [-0.15, -0.1) is 0 Å². The predicted octanol–water partition coefficient (Wildman–Crippen LogP) is 3.52. The highest BCUT2D eigenvalue weighted by Crippen LogP contribution is 2.18. The second-order valence-electron chi connectivity index (χ2n) is 4.89. The Morgan fingerprint density at radius 2 is 1.27 bits per heavy atom. The van der Waals surface area contributed by atoms with Gasteiger partial charge in [-0.1, -0.05) is 31.2 Å². The number of esters is 2. The zero-order valence-corrected chi connectivity index (χ0v) is 12.7. The number of benzene rings is 2. The number of rotatable bonds is 5. The van der Waals surface area contributed by atoms with Crippen molar-refractivity contribution in [2.45, 2.75) is 26.7 Å². The zero-order valence-electron chi connectivity index (χ0n) is 12.7. The molecule has 0 heterocycles. The van der Waals surface area contributed by atoms with Gasteiger partial charge in [0.05, 0.1) is 0 Å². The third-order valence-corrected chi connectivity index (χ3v) is 3.04. The van der Waals surface area contributed by atoms with E-state index < -0.39 is 0 Å². The fourth-order valence-electron chi connectivity index (χ4n) is 1.96. The first-order valence-electron chi connectivity index (χ1n) is 7.14. The molecule has 0 fully saturated rings. The van der Waals surface area contributed by atoms with E-state index in [0.717, 1.165) is 17.5 Å². The lowest BCUT2D eigenvalue weighted by Crippen LogP contribution is -2.05. The molecule has 0 radical (unpaired) electrons. The van der Waals surface area contributed by atoms with Crippen molar-refractivity contribution in [3.05, 3.63) is 59.7 Å². The summed E-state index contributed by atoms with van der Waals surface area (Å²) in [5.74, 6) is 0.526. The van der Waals surface area contributed by atoms with Crippen LogP contribution in [0.15, 0.2) is 48.5 Å². The number of hydrogen-bond acceptors (Lipinski definition) is 4. The Hall–Kier alpha value is -2.62. The summed E-state index contributed by atoms with van der Waals surface area (Å²) < 4.78 is 10.1. The van der Waals surface area contributed by atoms with Gasteiger partial charge in [-0.3, -0.25) is 9.59 Å². The molecular weight excluding hydrogens is 280 g/mol. The smallest absolute Gasteiger partial charge is 0.310 e. The van der Waals surface area contributed by atoms with Crippen LogP contribution in [0.4, 0.5) is 0 Å². The van der Waals surface area contributed by atoms with Gasteiger partial charge in [-0.25, -0.2) is 0 Å². The molecule has 0 aliphatic heterocycles. The molecule has 0 unspecified atom stereocenters. The number of ether oxygens (including phenoxy) is 2. The van der Waals surface area contributed by atoms with Crippen molar-refractivity contribution in [3.8, 4) is 11.5 Å². The van der Waals surface area contributed by atoms with E-state index in [1.807, 2.05) is 24.3 Å². The molecule has 4 heteroatoms. The van der Waals surface area contributed by atoms with Crippen LogP contribution in [0.1, 0.15) is 31.4 Å². The molecule has 22 heavy (non-hydrogen) atoms. The molecule has 4 nitrogen and oxygen atoms in total. The second kappa shape index (κ2) is 7.41. The Morgan fingerprint density at radius 3 is 1.68 bits per heavy atom. The Morgan fingerprint density at radius 1 is 0.818 bits per heavy atom. The minimum Gasteiger partial charge on any atom is -0.427 e. The van der Waals surface area contributed by atoms with E-state index in [0.29, 0.717) is 17.9 Å². The molecule has 0 aliphatic carbocycles. The second-order valence-corrected chi connectivity index (χ2v) is 4.89. The first-order chi connectivity index (χ1) is 10.6. The van der Waals surface area contributed by atoms with Crippen LogP contribution >= 0.6 is 0 Å². The maximum atomic E-state index is 11.2. The molecule has 0 atom stereocenters. The molecule has 2 rings (SSSR count). The summed E-state index contributed by atoms with van der Waals surface area (Å²) in [6, 6.07) is 14.8. The molecule has 2 aromatic rings. The van der Waals surface area contributed by atoms with Gasteiger partial charge in [0.15, 0.2) is 0 Å². The first-order valence-corrected chi connectivity index (χ1v) is 7.14. The predicted molar refractivity (Wildman–Crippen MR) is 82.9 cm³/mol. The Labute approximate surface area is 129 Å². The molecule has 0 bridgehead atoms. The van der Waals surface area contributed by atoms with Gasteiger partial charge in [0, 0.05) is 13.3 Å². The Balaban J connectivity index is 1.98. The van der Waals surface area contributed by atoms with Crippen LogP contribution in [0.3, 0.4) is 0 Å². The highest BCUT2D eigenvalue weighted by Gasteiger charge is 2.03. The third kappa shape index (κ3) is 4.74. The van der Waals surface area contributed by atoms with E-state index in [-0.39, 0.29) is 11.9 Å². The lowest BCUT2D eigenvalue weighted by atomic mass is 10.0. The van der Waals surface area contributed by atoms with E-state index >= 15 is 0 Å². The average Bonchev–Trinajstić information content (AvgIpc) is 2.50. The van der Waals surface area contributed by atoms with Gasteiger partial charge in [0.25, 0.3) is 0 Å². The van der Waals surface area contributed by atoms with Crippen LogP contribution < -0.4 is 9.47 Å². The normalized spacial score (nSPS) is 10.1. The molecule has 0 spiro atoms. The highest BCUT2D eigenvalue weighted by molar-refractivity contribution is 5.71. The molecule has 2 aromatic carbocycles. The third-order valence-electron chi connectivity index (χ3n) is 3.04. The quantitative estimate of drug-likeness (QED) is 0.626. The highest BCUT2D eigenvalue weighted by atomic mass is 16.5. The van der Waals surface area contributed by atoms with E-state index in [2.05, 4.69) is 0 Å². The molecule has 0 N–H and O–H groups in total. The minimum atomic E-state index is -0.329. The minimum absolute atomic E-state index is 0.242. The number of carbonyl (C=O) groups is 2. The van der Waals surface area contributed by atoms with Gasteiger partial charge in [0.1, 0.15) is 11.5 Å². The molecule has 114 valence electrons. The van der Waals surface area contributed by atoms with Gasteiger partial charge in [0.2, 0.25) is 0 Å². The molecule has 0 aliphatic rings. The standard InChI is InChI=1S/C18H18O4/c1-3-18(20)22-17-10-6-15(7-11-17)12-14-4-8-16(9-5-14)21-13(2)19/h4-11H,3,12H2,1-2H3. The molecular formula is C18H18O4. The average molecular weight is 298 g/mol. The summed E-state index contributed by atoms with van der Waals surface area (Å²) >= 11 is 0. The van der Waals surface area contributed by atoms with Crippen LogP contribution in [0.25, 0.3) is 0 Å². The molecule has 0 saturated heterocycles. The van der Waals surface area contributed by atoms with Gasteiger partial charge >= 0.3 is 11.9 Å². The summed E-state index contributed by atoms with van der Waals surface area (Å²) in [5.41, 5.74) is 2.21. The maximum absolute atomic E-state index is 11.2. The van der Waals surface area contributed by atoms with E-state index in [9.17, 15) is 9.59 Å². The molecule has 0 aromatic heterocycles. The number of carbonyl (C=O) groups excluding carboxylic acids is 2. The van der Waals surface area contributed by atoms with Crippen molar-refractivity contribution >= 4 is 11.9 Å².